The van der Waals surface area contributed by atoms with Crippen LogP contribution >= 0.6 is 0 Å². The fraction of sp³-hybridized carbons (Fsp3) is 0.350. The molecule has 13 nitrogen and oxygen atoms in total. The maximum Gasteiger partial charge on any atom is 0.305 e. The van der Waals surface area contributed by atoms with Crippen LogP contribution in [0.4, 0.5) is 10.1 Å². The van der Waals surface area contributed by atoms with Crippen molar-refractivity contribution >= 4 is 29.4 Å². The summed E-state index contributed by atoms with van der Waals surface area (Å²) in [6.07, 6.45) is -7.99. The smallest absolute Gasteiger partial charge is 0.305 e. The Bertz CT molecular complexity index is 1900. The molecule has 14 heteroatoms. The highest BCUT2D eigenvalue weighted by Gasteiger charge is 2.41. The predicted octanol–water partition coefficient (Wildman–Crippen LogP) is 4.15. The van der Waals surface area contributed by atoms with Gasteiger partial charge in [0.25, 0.3) is 5.91 Å². The van der Waals surface area contributed by atoms with Gasteiger partial charge in [0.1, 0.15) is 11.9 Å². The molecule has 0 saturated heterocycles. The van der Waals surface area contributed by atoms with Crippen LogP contribution in [0.2, 0.25) is 0 Å². The van der Waals surface area contributed by atoms with Crippen molar-refractivity contribution in [1.29, 1.82) is 0 Å². The maximum absolute atomic E-state index is 15.5. The Morgan fingerprint density at radius 3 is 1.80 bits per heavy atom. The Hall–Kier alpha value is -5.41. The minimum absolute atomic E-state index is 0.00756. The number of hydrogen-bond donors (Lipinski definition) is 7. The summed E-state index contributed by atoms with van der Waals surface area (Å²) in [6, 6.07) is 20.6. The standard InChI is InChI=1S/C40H46FN3O10/c1-23(2)36-35(40(54)44(27-11-7-4-8-12-27)38(39(42)53)31(48)20-30(47)22-33(51)52)34(24-9-5-3-6-10-24)37(25-13-15-26(41)16-14-25)43(36)18-17-28(45)19-29(46)21-32(49)50/h3-16,23,28-31,38,45-48H,17-22H2,1-2H3,(H2,42,53)(H,49,50)(H,51,52)/t28-,29-,30-,31-,38+/m1/s1. The van der Waals surface area contributed by atoms with Crippen molar-refractivity contribution in [2.45, 2.75) is 88.9 Å². The van der Waals surface area contributed by atoms with E-state index in [4.69, 9.17) is 10.8 Å². The Labute approximate surface area is 311 Å². The average molecular weight is 748 g/mol. The summed E-state index contributed by atoms with van der Waals surface area (Å²) in [7, 11) is 0. The second-order valence-electron chi connectivity index (χ2n) is 13.5. The van der Waals surface area contributed by atoms with Crippen LogP contribution < -0.4 is 10.6 Å². The molecule has 3 aromatic carbocycles. The van der Waals surface area contributed by atoms with E-state index < -0.39 is 85.2 Å². The Morgan fingerprint density at radius 1 is 0.741 bits per heavy atom. The zero-order valence-electron chi connectivity index (χ0n) is 30.0. The lowest BCUT2D eigenvalue weighted by molar-refractivity contribution is -0.140. The van der Waals surface area contributed by atoms with E-state index in [9.17, 15) is 44.3 Å². The van der Waals surface area contributed by atoms with Gasteiger partial charge in [0.05, 0.1) is 48.5 Å². The number of carbonyl (C=O) groups excluding carboxylic acids is 2. The van der Waals surface area contributed by atoms with E-state index in [2.05, 4.69) is 0 Å². The van der Waals surface area contributed by atoms with Gasteiger partial charge in [0.15, 0.2) is 0 Å². The number of primary amides is 1. The number of anilines is 1. The van der Waals surface area contributed by atoms with Gasteiger partial charge in [-0.15, -0.1) is 0 Å². The van der Waals surface area contributed by atoms with Crippen LogP contribution in [0, 0.1) is 5.82 Å². The van der Waals surface area contributed by atoms with E-state index >= 15 is 4.79 Å². The number of hydrogen-bond acceptors (Lipinski definition) is 8. The summed E-state index contributed by atoms with van der Waals surface area (Å²) in [5.74, 6) is -5.42. The molecule has 0 fully saturated rings. The highest BCUT2D eigenvalue weighted by Crippen LogP contribution is 2.44. The number of para-hydroxylation sites is 1. The first-order valence-electron chi connectivity index (χ1n) is 17.5. The third-order valence-electron chi connectivity index (χ3n) is 9.00. The van der Waals surface area contributed by atoms with E-state index in [1.807, 2.05) is 13.8 Å². The number of amides is 2. The van der Waals surface area contributed by atoms with Crippen molar-refractivity contribution in [3.63, 3.8) is 0 Å². The van der Waals surface area contributed by atoms with E-state index in [1.54, 1.807) is 53.1 Å². The van der Waals surface area contributed by atoms with E-state index in [0.717, 1.165) is 4.90 Å². The van der Waals surface area contributed by atoms with Crippen molar-refractivity contribution in [3.05, 3.63) is 102 Å². The van der Waals surface area contributed by atoms with Gasteiger partial charge in [0, 0.05) is 29.9 Å². The first-order valence-corrected chi connectivity index (χ1v) is 17.5. The lowest BCUT2D eigenvalue weighted by atomic mass is 9.92. The van der Waals surface area contributed by atoms with Gasteiger partial charge in [0.2, 0.25) is 5.91 Å². The molecule has 0 radical (unpaired) electrons. The number of aliphatic hydroxyl groups excluding tert-OH is 4. The Balaban J connectivity index is 2.03. The summed E-state index contributed by atoms with van der Waals surface area (Å²) < 4.78 is 16.1. The average Bonchev–Trinajstić information content (AvgIpc) is 3.45. The van der Waals surface area contributed by atoms with E-state index in [-0.39, 0.29) is 30.6 Å². The number of nitrogens with two attached hydrogens (primary N) is 1. The first kappa shape index (κ1) is 41.3. The van der Waals surface area contributed by atoms with Gasteiger partial charge in [-0.3, -0.25) is 24.1 Å². The second kappa shape index (κ2) is 18.6. The molecule has 0 aliphatic rings. The molecule has 5 atom stereocenters. The number of nitrogens with zero attached hydrogens (tertiary/aromatic N) is 2. The zero-order valence-corrected chi connectivity index (χ0v) is 30.0. The van der Waals surface area contributed by atoms with Crippen molar-refractivity contribution < 1.29 is 54.2 Å². The van der Waals surface area contributed by atoms with Gasteiger partial charge in [-0.05, 0) is 66.3 Å². The number of carboxylic acid groups (broad SMARTS) is 2. The third kappa shape index (κ3) is 10.2. The molecule has 4 rings (SSSR count). The number of rotatable bonds is 19. The van der Waals surface area contributed by atoms with Crippen LogP contribution in [0.5, 0.6) is 0 Å². The molecule has 0 aliphatic heterocycles. The van der Waals surface area contributed by atoms with Crippen LogP contribution in [0.3, 0.4) is 0 Å². The summed E-state index contributed by atoms with van der Waals surface area (Å²) in [6.45, 7) is 3.70. The molecule has 1 aromatic heterocycles. The number of aromatic nitrogens is 1. The number of carboxylic acids is 2. The summed E-state index contributed by atoms with van der Waals surface area (Å²) in [5.41, 5.74) is 8.44. The largest absolute Gasteiger partial charge is 0.481 e. The Morgan fingerprint density at radius 2 is 1.28 bits per heavy atom. The molecule has 0 bridgehead atoms. The molecule has 0 unspecified atom stereocenters. The fourth-order valence-corrected chi connectivity index (χ4v) is 6.77. The summed E-state index contributed by atoms with van der Waals surface area (Å²) in [5, 5.41) is 61.3. The maximum atomic E-state index is 15.5. The quantitative estimate of drug-likeness (QED) is 0.0726. The molecule has 54 heavy (non-hydrogen) atoms. The van der Waals surface area contributed by atoms with Crippen LogP contribution in [0.25, 0.3) is 22.4 Å². The minimum atomic E-state index is -1.81. The number of carbonyl (C=O) groups is 4. The van der Waals surface area contributed by atoms with Crippen molar-refractivity contribution in [2.24, 2.45) is 5.73 Å². The van der Waals surface area contributed by atoms with E-state index in [1.165, 1.54) is 36.4 Å². The topological polar surface area (TPSA) is 224 Å². The molecule has 288 valence electrons. The van der Waals surface area contributed by atoms with Crippen LogP contribution in [-0.4, -0.2) is 89.4 Å². The lowest BCUT2D eigenvalue weighted by Gasteiger charge is -2.34. The molecule has 4 aromatic rings. The van der Waals surface area contributed by atoms with Crippen LogP contribution in [-0.2, 0) is 20.9 Å². The van der Waals surface area contributed by atoms with Gasteiger partial charge in [-0.25, -0.2) is 4.39 Å². The van der Waals surface area contributed by atoms with Crippen molar-refractivity contribution in [2.75, 3.05) is 4.90 Å². The van der Waals surface area contributed by atoms with Gasteiger partial charge in [-0.2, -0.15) is 0 Å². The third-order valence-corrected chi connectivity index (χ3v) is 9.00. The SMILES string of the molecule is CC(C)c1c(C(=O)N(c2ccccc2)[C@H](C(N)=O)[C@H](O)C[C@@H](O)CC(=O)O)c(-c2ccccc2)c(-c2ccc(F)cc2)n1CC[C@@H](O)C[C@@H](O)CC(=O)O. The lowest BCUT2D eigenvalue weighted by Crippen LogP contribution is -2.55. The Kier molecular flexibility index (Phi) is 14.2. The van der Waals surface area contributed by atoms with Gasteiger partial charge in [-0.1, -0.05) is 62.4 Å². The molecule has 0 aliphatic carbocycles. The number of halogens is 1. The molecule has 1 heterocycles. The van der Waals surface area contributed by atoms with Crippen LogP contribution in [0.15, 0.2) is 84.9 Å². The minimum Gasteiger partial charge on any atom is -0.481 e. The highest BCUT2D eigenvalue weighted by atomic mass is 19.1. The predicted molar refractivity (Wildman–Crippen MR) is 198 cm³/mol. The van der Waals surface area contributed by atoms with Gasteiger partial charge >= 0.3 is 11.9 Å². The number of benzene rings is 3. The number of aliphatic hydroxyl groups is 4. The highest BCUT2D eigenvalue weighted by molar-refractivity contribution is 6.16. The normalized spacial score (nSPS) is 14.2. The van der Waals surface area contributed by atoms with E-state index in [0.29, 0.717) is 28.1 Å². The molecule has 2 amide bonds. The monoisotopic (exact) mass is 747 g/mol. The van der Waals surface area contributed by atoms with Gasteiger partial charge < -0.3 is 40.9 Å². The molecule has 0 spiro atoms. The fourth-order valence-electron chi connectivity index (χ4n) is 6.77. The summed E-state index contributed by atoms with van der Waals surface area (Å²) in [4.78, 5) is 52.2. The van der Waals surface area contributed by atoms with Crippen LogP contribution in [0.1, 0.15) is 67.9 Å². The zero-order chi connectivity index (χ0) is 39.7. The summed E-state index contributed by atoms with van der Waals surface area (Å²) >= 11 is 0. The molecular formula is C40H46FN3O10. The first-order chi connectivity index (χ1) is 25.6. The molecule has 0 saturated carbocycles. The number of aliphatic carboxylic acids is 2. The van der Waals surface area contributed by atoms with Crippen molar-refractivity contribution in [1.82, 2.24) is 4.57 Å². The second-order valence-corrected chi connectivity index (χ2v) is 13.5. The van der Waals surface area contributed by atoms with Crippen molar-refractivity contribution in [3.8, 4) is 22.4 Å². The molecule has 8 N–H and O–H groups in total. The molecular weight excluding hydrogens is 701 g/mol.